The summed E-state index contributed by atoms with van der Waals surface area (Å²) >= 11 is 0. The summed E-state index contributed by atoms with van der Waals surface area (Å²) in [5.41, 5.74) is 4.67. The van der Waals surface area contributed by atoms with Crippen molar-refractivity contribution in [2.24, 2.45) is 20.5 Å². The number of carbonyl (C=O) groups excluding carboxylic acids is 1. The summed E-state index contributed by atoms with van der Waals surface area (Å²) in [6.07, 6.45) is 20.8. The Bertz CT molecular complexity index is 2050. The second kappa shape index (κ2) is 21.3. The summed E-state index contributed by atoms with van der Waals surface area (Å²) in [5.74, 6) is -0.101. The molecule has 0 aliphatic carbocycles. The third-order valence-corrected chi connectivity index (χ3v) is 10.9. The number of fused-ring (bicyclic) bond motifs is 1. The molecule has 6 rings (SSSR count). The van der Waals surface area contributed by atoms with Crippen molar-refractivity contribution in [1.29, 1.82) is 0 Å². The molecular weight excluding hydrogens is 693 g/mol. The number of benzene rings is 5. The van der Waals surface area contributed by atoms with Gasteiger partial charge in [-0.05, 0) is 55.8 Å². The van der Waals surface area contributed by atoms with Gasteiger partial charge in [-0.1, -0.05) is 151 Å². The van der Waals surface area contributed by atoms with Crippen LogP contribution in [-0.4, -0.2) is 18.2 Å². The van der Waals surface area contributed by atoms with E-state index in [2.05, 4.69) is 52.9 Å². The Hall–Kier alpha value is -5.11. The molecule has 5 aromatic carbocycles. The number of nitrogens with one attached hydrogen (secondary N) is 2. The van der Waals surface area contributed by atoms with Gasteiger partial charge in [-0.15, -0.1) is 15.3 Å². The predicted octanol–water partition coefficient (Wildman–Crippen LogP) is 15.6. The molecule has 0 spiro atoms. The Labute approximate surface area is 333 Å². The van der Waals surface area contributed by atoms with Crippen LogP contribution in [0.1, 0.15) is 123 Å². The first kappa shape index (κ1) is 40.6. The van der Waals surface area contributed by atoms with Crippen molar-refractivity contribution in [2.45, 2.75) is 129 Å². The molecular formula is C48H60N6O2. The summed E-state index contributed by atoms with van der Waals surface area (Å²) < 4.78 is 5.70. The molecule has 1 heterocycles. The van der Waals surface area contributed by atoms with Crippen LogP contribution in [0, 0.1) is 0 Å². The highest BCUT2D eigenvalue weighted by Crippen LogP contribution is 2.43. The fraction of sp³-hybridized carbons (Fsp3) is 0.438. The number of ether oxygens (including phenoxy) is 1. The highest BCUT2D eigenvalue weighted by atomic mass is 16.5. The standard InChI is InChI=1S/C48H60N6O2/c1-3-4-5-6-7-8-9-10-11-12-13-14-15-16-20-30-46(55)56-36-35-48(2)49-44-29-23-28-40-43(33-34-45(50-48)47(40)44)54-53-42-32-31-41(38-26-21-22-27-39(38)42)52-51-37-24-18-17-19-25-37/h17-19,21-29,31-34,49-50H,3-16,20,30,35-36H2,1-2H3. The van der Waals surface area contributed by atoms with Crippen molar-refractivity contribution in [3.05, 3.63) is 97.1 Å². The largest absolute Gasteiger partial charge is 0.466 e. The fourth-order valence-corrected chi connectivity index (χ4v) is 7.68. The zero-order valence-electron chi connectivity index (χ0n) is 33.6. The van der Waals surface area contributed by atoms with Crippen molar-refractivity contribution in [1.82, 2.24) is 0 Å². The molecule has 0 saturated carbocycles. The van der Waals surface area contributed by atoms with Gasteiger partial charge in [0.15, 0.2) is 0 Å². The summed E-state index contributed by atoms with van der Waals surface area (Å²) in [6.45, 7) is 4.74. The van der Waals surface area contributed by atoms with Gasteiger partial charge < -0.3 is 15.4 Å². The van der Waals surface area contributed by atoms with Crippen LogP contribution >= 0.6 is 0 Å². The number of anilines is 2. The summed E-state index contributed by atoms with van der Waals surface area (Å²) in [6, 6.07) is 31.9. The van der Waals surface area contributed by atoms with Crippen molar-refractivity contribution in [2.75, 3.05) is 17.2 Å². The number of nitrogens with zero attached hydrogens (tertiary/aromatic N) is 4. The molecule has 1 atom stereocenters. The molecule has 56 heavy (non-hydrogen) atoms. The molecule has 0 saturated heterocycles. The predicted molar refractivity (Wildman–Crippen MR) is 233 cm³/mol. The van der Waals surface area contributed by atoms with E-state index < -0.39 is 5.66 Å². The van der Waals surface area contributed by atoms with E-state index in [0.29, 0.717) is 19.4 Å². The molecule has 0 fully saturated rings. The average Bonchev–Trinajstić information content (AvgIpc) is 3.21. The molecule has 2 N–H and O–H groups in total. The van der Waals surface area contributed by atoms with Crippen LogP contribution in [0.15, 0.2) is 118 Å². The molecule has 0 radical (unpaired) electrons. The van der Waals surface area contributed by atoms with Crippen LogP contribution in [0.5, 0.6) is 0 Å². The summed E-state index contributed by atoms with van der Waals surface area (Å²) in [7, 11) is 0. The van der Waals surface area contributed by atoms with Gasteiger partial charge in [0.2, 0.25) is 0 Å². The van der Waals surface area contributed by atoms with Crippen LogP contribution in [-0.2, 0) is 9.53 Å². The molecule has 294 valence electrons. The SMILES string of the molecule is CCCCCCCCCCCCCCCCCC(=O)OCCC1(C)Nc2cccc3c(N=Nc4ccc(N=Nc5ccccc5)c5ccccc45)ccc(c23)N1. The quantitative estimate of drug-likeness (QED) is 0.0394. The summed E-state index contributed by atoms with van der Waals surface area (Å²) in [5, 5.41) is 29.8. The van der Waals surface area contributed by atoms with Crippen LogP contribution in [0.3, 0.4) is 0 Å². The van der Waals surface area contributed by atoms with Gasteiger partial charge in [-0.25, -0.2) is 0 Å². The molecule has 0 aromatic heterocycles. The van der Waals surface area contributed by atoms with E-state index >= 15 is 0 Å². The molecule has 0 bridgehead atoms. The van der Waals surface area contributed by atoms with Crippen molar-refractivity contribution in [3.63, 3.8) is 0 Å². The number of azo groups is 2. The highest BCUT2D eigenvalue weighted by Gasteiger charge is 2.30. The molecule has 0 amide bonds. The monoisotopic (exact) mass is 752 g/mol. The van der Waals surface area contributed by atoms with E-state index in [-0.39, 0.29) is 5.97 Å². The van der Waals surface area contributed by atoms with Gasteiger partial charge in [0.05, 0.1) is 29.4 Å². The van der Waals surface area contributed by atoms with Gasteiger partial charge in [0.25, 0.3) is 0 Å². The van der Waals surface area contributed by atoms with E-state index in [1.54, 1.807) is 0 Å². The number of hydrogen-bond acceptors (Lipinski definition) is 8. The lowest BCUT2D eigenvalue weighted by atomic mass is 9.97. The fourth-order valence-electron chi connectivity index (χ4n) is 7.68. The second-order valence-corrected chi connectivity index (χ2v) is 15.5. The van der Waals surface area contributed by atoms with E-state index in [9.17, 15) is 4.79 Å². The Balaban J connectivity index is 0.944. The van der Waals surface area contributed by atoms with Crippen molar-refractivity contribution < 1.29 is 9.53 Å². The van der Waals surface area contributed by atoms with Crippen LogP contribution in [0.4, 0.5) is 34.1 Å². The number of unbranched alkanes of at least 4 members (excludes halogenated alkanes) is 14. The normalized spacial score (nSPS) is 15.1. The zero-order valence-corrected chi connectivity index (χ0v) is 33.6. The molecule has 1 aliphatic heterocycles. The van der Waals surface area contributed by atoms with Crippen LogP contribution in [0.25, 0.3) is 21.5 Å². The highest BCUT2D eigenvalue weighted by molar-refractivity contribution is 6.09. The molecule has 8 heteroatoms. The molecule has 5 aromatic rings. The maximum atomic E-state index is 12.6. The smallest absolute Gasteiger partial charge is 0.305 e. The molecule has 8 nitrogen and oxygen atoms in total. The Morgan fingerprint density at radius 1 is 0.536 bits per heavy atom. The maximum absolute atomic E-state index is 12.6. The van der Waals surface area contributed by atoms with Crippen LogP contribution in [0.2, 0.25) is 0 Å². The lowest BCUT2D eigenvalue weighted by Crippen LogP contribution is -2.46. The number of rotatable bonds is 23. The van der Waals surface area contributed by atoms with E-state index in [1.807, 2.05) is 78.9 Å². The number of carbonyl (C=O) groups is 1. The number of esters is 1. The van der Waals surface area contributed by atoms with Gasteiger partial charge in [-0.3, -0.25) is 4.79 Å². The van der Waals surface area contributed by atoms with Crippen LogP contribution < -0.4 is 10.6 Å². The Morgan fingerprint density at radius 2 is 1.02 bits per heavy atom. The van der Waals surface area contributed by atoms with Gasteiger partial charge >= 0.3 is 5.97 Å². The minimum Gasteiger partial charge on any atom is -0.466 e. The van der Waals surface area contributed by atoms with E-state index in [4.69, 9.17) is 15.0 Å². The molecule has 1 aliphatic rings. The topological polar surface area (TPSA) is 99.8 Å². The van der Waals surface area contributed by atoms with E-state index in [1.165, 1.54) is 83.5 Å². The maximum Gasteiger partial charge on any atom is 0.305 e. The Kier molecular flexibility index (Phi) is 15.4. The third-order valence-electron chi connectivity index (χ3n) is 10.9. The van der Waals surface area contributed by atoms with Crippen molar-refractivity contribution >= 4 is 61.6 Å². The van der Waals surface area contributed by atoms with Gasteiger partial charge in [-0.2, -0.15) is 5.11 Å². The first-order chi connectivity index (χ1) is 27.5. The number of hydrogen-bond donors (Lipinski definition) is 2. The first-order valence-corrected chi connectivity index (χ1v) is 21.2. The van der Waals surface area contributed by atoms with Gasteiger partial charge in [0.1, 0.15) is 5.66 Å². The summed E-state index contributed by atoms with van der Waals surface area (Å²) in [4.78, 5) is 12.6. The lowest BCUT2D eigenvalue weighted by molar-refractivity contribution is -0.144. The first-order valence-electron chi connectivity index (χ1n) is 21.2. The minimum absolute atomic E-state index is 0.101. The Morgan fingerprint density at radius 3 is 1.62 bits per heavy atom. The van der Waals surface area contributed by atoms with Gasteiger partial charge in [0, 0.05) is 45.8 Å². The third kappa shape index (κ3) is 11.7. The van der Waals surface area contributed by atoms with E-state index in [0.717, 1.165) is 68.5 Å². The zero-order chi connectivity index (χ0) is 38.8. The average molecular weight is 753 g/mol. The second-order valence-electron chi connectivity index (χ2n) is 15.5. The minimum atomic E-state index is -0.474. The van der Waals surface area contributed by atoms with Crippen molar-refractivity contribution in [3.8, 4) is 0 Å². The lowest BCUT2D eigenvalue weighted by Gasteiger charge is -2.38. The molecule has 1 unspecified atom stereocenters.